The van der Waals surface area contributed by atoms with Crippen molar-refractivity contribution in [2.24, 2.45) is 5.92 Å². The monoisotopic (exact) mass is 401 g/mol. The standard InChI is InChI=1S/C21H28FN5O2/c1-15(23-21(28)17-6-11-29-12-7-17)20-25-24-19-5-8-26(9-10-27(19)20)14-16-3-2-4-18(22)13-16/h2-4,13,15,17H,5-12,14H2,1H3,(H,23,28). The van der Waals surface area contributed by atoms with Gasteiger partial charge in [-0.3, -0.25) is 9.69 Å². The predicted molar refractivity (Wildman–Crippen MR) is 106 cm³/mol. The van der Waals surface area contributed by atoms with Crippen molar-refractivity contribution in [2.75, 3.05) is 26.3 Å². The summed E-state index contributed by atoms with van der Waals surface area (Å²) in [4.78, 5) is 14.9. The Bertz CT molecular complexity index is 849. The molecule has 156 valence electrons. The highest BCUT2D eigenvalue weighted by Crippen LogP contribution is 2.20. The van der Waals surface area contributed by atoms with E-state index in [0.717, 1.165) is 56.1 Å². The number of nitrogens with one attached hydrogen (secondary N) is 1. The lowest BCUT2D eigenvalue weighted by atomic mass is 9.99. The van der Waals surface area contributed by atoms with E-state index in [0.29, 0.717) is 19.8 Å². The highest BCUT2D eigenvalue weighted by atomic mass is 19.1. The fourth-order valence-electron chi connectivity index (χ4n) is 4.12. The Kier molecular flexibility index (Phi) is 6.20. The van der Waals surface area contributed by atoms with E-state index >= 15 is 0 Å². The number of halogens is 1. The number of hydrogen-bond acceptors (Lipinski definition) is 5. The molecule has 0 aliphatic carbocycles. The van der Waals surface area contributed by atoms with Gasteiger partial charge in [-0.25, -0.2) is 4.39 Å². The summed E-state index contributed by atoms with van der Waals surface area (Å²) >= 11 is 0. The Balaban J connectivity index is 1.38. The van der Waals surface area contributed by atoms with Gasteiger partial charge in [-0.15, -0.1) is 10.2 Å². The summed E-state index contributed by atoms with van der Waals surface area (Å²) in [5.41, 5.74) is 0.972. The molecule has 7 nitrogen and oxygen atoms in total. The Labute approximate surface area is 170 Å². The van der Waals surface area contributed by atoms with Crippen molar-refractivity contribution in [3.63, 3.8) is 0 Å². The van der Waals surface area contributed by atoms with Crippen LogP contribution in [0.2, 0.25) is 0 Å². The van der Waals surface area contributed by atoms with Crippen molar-refractivity contribution < 1.29 is 13.9 Å². The average molecular weight is 401 g/mol. The van der Waals surface area contributed by atoms with Crippen molar-refractivity contribution in [3.05, 3.63) is 47.3 Å². The minimum Gasteiger partial charge on any atom is -0.381 e. The van der Waals surface area contributed by atoms with Gasteiger partial charge in [0.2, 0.25) is 5.91 Å². The fraction of sp³-hybridized carbons (Fsp3) is 0.571. The van der Waals surface area contributed by atoms with Crippen LogP contribution in [-0.4, -0.2) is 51.9 Å². The Hall–Kier alpha value is -2.32. The van der Waals surface area contributed by atoms with Crippen molar-refractivity contribution >= 4 is 5.91 Å². The van der Waals surface area contributed by atoms with Crippen LogP contribution in [0.15, 0.2) is 24.3 Å². The molecule has 0 bridgehead atoms. The molecule has 3 heterocycles. The molecule has 1 unspecified atom stereocenters. The second-order valence-corrected chi connectivity index (χ2v) is 7.90. The van der Waals surface area contributed by atoms with Crippen LogP contribution in [0.25, 0.3) is 0 Å². The second kappa shape index (κ2) is 9.00. The number of hydrogen-bond donors (Lipinski definition) is 1. The molecule has 0 radical (unpaired) electrons. The Morgan fingerprint density at radius 3 is 2.90 bits per heavy atom. The molecule has 0 spiro atoms. The van der Waals surface area contributed by atoms with E-state index in [4.69, 9.17) is 4.74 Å². The number of benzene rings is 1. The molecule has 1 saturated heterocycles. The zero-order valence-corrected chi connectivity index (χ0v) is 16.8. The first-order chi connectivity index (χ1) is 14.1. The summed E-state index contributed by atoms with van der Waals surface area (Å²) in [7, 11) is 0. The number of amides is 1. The van der Waals surface area contributed by atoms with E-state index in [1.807, 2.05) is 13.0 Å². The molecule has 2 aliphatic heterocycles. The van der Waals surface area contributed by atoms with Crippen LogP contribution < -0.4 is 5.32 Å². The summed E-state index contributed by atoms with van der Waals surface area (Å²) in [5, 5.41) is 11.8. The third kappa shape index (κ3) is 4.82. The van der Waals surface area contributed by atoms with Gasteiger partial charge >= 0.3 is 0 Å². The summed E-state index contributed by atoms with van der Waals surface area (Å²) in [5.74, 6) is 1.62. The van der Waals surface area contributed by atoms with Crippen LogP contribution in [0.5, 0.6) is 0 Å². The number of nitrogens with zero attached hydrogens (tertiary/aromatic N) is 4. The maximum atomic E-state index is 13.5. The van der Waals surface area contributed by atoms with Crippen molar-refractivity contribution in [3.8, 4) is 0 Å². The third-order valence-corrected chi connectivity index (χ3v) is 5.78. The molecule has 2 aromatic rings. The van der Waals surface area contributed by atoms with Crippen molar-refractivity contribution in [1.82, 2.24) is 25.0 Å². The maximum absolute atomic E-state index is 13.5. The Morgan fingerprint density at radius 2 is 2.10 bits per heavy atom. The summed E-state index contributed by atoms with van der Waals surface area (Å²) in [6, 6.07) is 6.56. The molecule has 0 saturated carbocycles. The molecule has 1 atom stereocenters. The lowest BCUT2D eigenvalue weighted by Crippen LogP contribution is -2.36. The summed E-state index contributed by atoms with van der Waals surface area (Å²) in [6.07, 6.45) is 2.32. The van der Waals surface area contributed by atoms with Gasteiger partial charge in [0, 0.05) is 51.7 Å². The minimum atomic E-state index is -0.203. The van der Waals surface area contributed by atoms with Crippen LogP contribution in [0.3, 0.4) is 0 Å². The zero-order valence-electron chi connectivity index (χ0n) is 16.8. The molecule has 1 amide bonds. The first kappa shape index (κ1) is 20.0. The molecular formula is C21H28FN5O2. The largest absolute Gasteiger partial charge is 0.381 e. The highest BCUT2D eigenvalue weighted by Gasteiger charge is 2.26. The number of rotatable bonds is 5. The van der Waals surface area contributed by atoms with Gasteiger partial charge < -0.3 is 14.6 Å². The van der Waals surface area contributed by atoms with Crippen LogP contribution in [0.4, 0.5) is 4.39 Å². The van der Waals surface area contributed by atoms with Gasteiger partial charge in [-0.05, 0) is 37.5 Å². The van der Waals surface area contributed by atoms with Gasteiger partial charge in [0.25, 0.3) is 0 Å². The number of ether oxygens (including phenoxy) is 1. The quantitative estimate of drug-likeness (QED) is 0.831. The van der Waals surface area contributed by atoms with Crippen molar-refractivity contribution in [1.29, 1.82) is 0 Å². The van der Waals surface area contributed by atoms with Gasteiger partial charge in [-0.2, -0.15) is 0 Å². The molecule has 29 heavy (non-hydrogen) atoms. The first-order valence-corrected chi connectivity index (χ1v) is 10.4. The van der Waals surface area contributed by atoms with Crippen LogP contribution >= 0.6 is 0 Å². The lowest BCUT2D eigenvalue weighted by molar-refractivity contribution is -0.128. The van der Waals surface area contributed by atoms with Gasteiger partial charge in [0.15, 0.2) is 5.82 Å². The normalized spacial score (nSPS) is 19.4. The van der Waals surface area contributed by atoms with Gasteiger partial charge in [0.05, 0.1) is 6.04 Å². The van der Waals surface area contributed by atoms with Crippen LogP contribution in [0, 0.1) is 11.7 Å². The van der Waals surface area contributed by atoms with Crippen LogP contribution in [-0.2, 0) is 29.0 Å². The molecule has 8 heteroatoms. The van der Waals surface area contributed by atoms with E-state index in [1.54, 1.807) is 12.1 Å². The molecule has 1 aromatic carbocycles. The van der Waals surface area contributed by atoms with E-state index in [1.165, 1.54) is 6.07 Å². The SMILES string of the molecule is CC(NC(=O)C1CCOCC1)c1nnc2n1CCN(Cc1cccc(F)c1)CC2. The number of carbonyl (C=O) groups is 1. The first-order valence-electron chi connectivity index (χ1n) is 10.4. The van der Waals surface area contributed by atoms with Crippen LogP contribution in [0.1, 0.15) is 43.0 Å². The number of aromatic nitrogens is 3. The van der Waals surface area contributed by atoms with E-state index in [9.17, 15) is 9.18 Å². The molecule has 2 aliphatic rings. The number of fused-ring (bicyclic) bond motifs is 1. The number of carbonyl (C=O) groups excluding carboxylic acids is 1. The summed E-state index contributed by atoms with van der Waals surface area (Å²) < 4.78 is 20.9. The molecule has 4 rings (SSSR count). The predicted octanol–water partition coefficient (Wildman–Crippen LogP) is 2.08. The summed E-state index contributed by atoms with van der Waals surface area (Å²) in [6.45, 7) is 6.39. The zero-order chi connectivity index (χ0) is 20.2. The molecule has 1 fully saturated rings. The Morgan fingerprint density at radius 1 is 1.28 bits per heavy atom. The molecule has 1 N–H and O–H groups in total. The van der Waals surface area contributed by atoms with E-state index in [-0.39, 0.29) is 23.7 Å². The molecular weight excluding hydrogens is 373 g/mol. The van der Waals surface area contributed by atoms with Gasteiger partial charge in [0.1, 0.15) is 11.6 Å². The second-order valence-electron chi connectivity index (χ2n) is 7.90. The topological polar surface area (TPSA) is 72.3 Å². The van der Waals surface area contributed by atoms with E-state index < -0.39 is 0 Å². The van der Waals surface area contributed by atoms with Gasteiger partial charge in [-0.1, -0.05) is 12.1 Å². The van der Waals surface area contributed by atoms with Crippen molar-refractivity contribution in [2.45, 2.75) is 45.3 Å². The minimum absolute atomic E-state index is 0.0134. The smallest absolute Gasteiger partial charge is 0.223 e. The fourth-order valence-corrected chi connectivity index (χ4v) is 4.12. The third-order valence-electron chi connectivity index (χ3n) is 5.78. The lowest BCUT2D eigenvalue weighted by Gasteiger charge is -2.23. The van der Waals surface area contributed by atoms with E-state index in [2.05, 4.69) is 25.0 Å². The average Bonchev–Trinajstić information content (AvgIpc) is 3.03. The maximum Gasteiger partial charge on any atom is 0.223 e. The molecule has 1 aromatic heterocycles. The highest BCUT2D eigenvalue weighted by molar-refractivity contribution is 5.79.